The number of aromatic carboxylic acids is 1. The zero-order chi connectivity index (χ0) is 48.0. The summed E-state index contributed by atoms with van der Waals surface area (Å²) in [5.74, 6) is -3.54. The van der Waals surface area contributed by atoms with E-state index in [1.165, 1.54) is 48.5 Å². The van der Waals surface area contributed by atoms with E-state index in [1.807, 2.05) is 97.1 Å². The predicted molar refractivity (Wildman–Crippen MR) is 254 cm³/mol. The topological polar surface area (TPSA) is 129 Å². The molecule has 0 aromatic heterocycles. The highest BCUT2D eigenvalue weighted by atomic mass is 79.9. The van der Waals surface area contributed by atoms with Gasteiger partial charge in [0.2, 0.25) is 0 Å². The molecule has 8 aromatic carbocycles. The fraction of sp³-hybridized carbons (Fsp3) is 0. The van der Waals surface area contributed by atoms with Crippen molar-refractivity contribution in [3.05, 3.63) is 244 Å². The molecule has 3 N–H and O–H groups in total. The third-order valence-corrected chi connectivity index (χ3v) is 9.71. The summed E-state index contributed by atoms with van der Waals surface area (Å²) in [5, 5.41) is 25.1. The van der Waals surface area contributed by atoms with Gasteiger partial charge in [0.25, 0.3) is 5.24 Å². The lowest BCUT2D eigenvalue weighted by Gasteiger charge is -2.03. The molecule has 0 aliphatic heterocycles. The van der Waals surface area contributed by atoms with E-state index in [4.69, 9.17) is 26.8 Å². The van der Waals surface area contributed by atoms with Crippen LogP contribution >= 0.6 is 27.5 Å². The van der Waals surface area contributed by atoms with Gasteiger partial charge >= 0.3 is 13.1 Å². The summed E-state index contributed by atoms with van der Waals surface area (Å²) in [7, 11) is -1.34. The molecular weight excluding hydrogens is 939 g/mol. The molecule has 0 unspecified atom stereocenters. The van der Waals surface area contributed by atoms with Gasteiger partial charge < -0.3 is 15.2 Å². The van der Waals surface area contributed by atoms with Crippen LogP contribution in [0.1, 0.15) is 41.4 Å². The van der Waals surface area contributed by atoms with Crippen LogP contribution in [0.4, 0.5) is 17.6 Å². The third-order valence-electron chi connectivity index (χ3n) is 9.02. The second-order valence-corrected chi connectivity index (χ2v) is 14.7. The van der Waals surface area contributed by atoms with Gasteiger partial charge in [0.1, 0.15) is 23.3 Å². The van der Waals surface area contributed by atoms with Gasteiger partial charge in [-0.15, -0.1) is 0 Å². The van der Waals surface area contributed by atoms with Crippen molar-refractivity contribution < 1.29 is 51.9 Å². The summed E-state index contributed by atoms with van der Waals surface area (Å²) in [5.41, 5.74) is 5.17. The Balaban J connectivity index is 0.000000184. The first-order valence-electron chi connectivity index (χ1n) is 19.5. The van der Waals surface area contributed by atoms with Crippen LogP contribution in [0.5, 0.6) is 0 Å². The number of hydrogen-bond donors (Lipinski definition) is 3. The maximum atomic E-state index is 13.5. The Kier molecular flexibility index (Phi) is 20.6. The van der Waals surface area contributed by atoms with Crippen molar-refractivity contribution in [2.24, 2.45) is 0 Å². The Bertz CT molecular complexity index is 2740. The number of benzene rings is 8. The van der Waals surface area contributed by atoms with E-state index < -0.39 is 41.6 Å². The van der Waals surface area contributed by atoms with Crippen molar-refractivity contribution in [2.45, 2.75) is 0 Å². The highest BCUT2D eigenvalue weighted by Crippen LogP contribution is 2.24. The van der Waals surface area contributed by atoms with E-state index in [2.05, 4.69) is 15.9 Å². The minimum absolute atomic E-state index is 0.0863. The van der Waals surface area contributed by atoms with Crippen LogP contribution in [0.3, 0.4) is 0 Å². The molecule has 332 valence electrons. The summed E-state index contributed by atoms with van der Waals surface area (Å²) in [4.78, 5) is 42.0. The van der Waals surface area contributed by atoms with Gasteiger partial charge in [0.15, 0.2) is 12.6 Å². The van der Waals surface area contributed by atoms with Gasteiger partial charge in [0, 0.05) is 4.47 Å². The molecule has 0 spiro atoms. The Labute approximate surface area is 391 Å². The molecule has 0 fully saturated rings. The van der Waals surface area contributed by atoms with Crippen molar-refractivity contribution in [3.8, 4) is 33.4 Å². The Morgan fingerprint density at radius 3 is 1.12 bits per heavy atom. The van der Waals surface area contributed by atoms with Crippen LogP contribution in [-0.2, 0) is 0 Å². The van der Waals surface area contributed by atoms with Crippen molar-refractivity contribution in [3.63, 3.8) is 0 Å². The fourth-order valence-electron chi connectivity index (χ4n) is 5.64. The predicted octanol–water partition coefficient (Wildman–Crippen LogP) is 12.1. The molecule has 14 heteroatoms. The first-order chi connectivity index (χ1) is 31.7. The lowest BCUT2D eigenvalue weighted by atomic mass is 9.81. The van der Waals surface area contributed by atoms with Crippen LogP contribution in [0.2, 0.25) is 0 Å². The first kappa shape index (κ1) is 51.4. The van der Waals surface area contributed by atoms with Crippen LogP contribution in [0, 0.1) is 23.3 Å². The van der Waals surface area contributed by atoms with Gasteiger partial charge in [-0.25, -0.2) is 22.4 Å². The monoisotopic (exact) mass is 974 g/mol. The molecule has 0 radical (unpaired) electrons. The minimum Gasteiger partial charge on any atom is -0.478 e. The highest BCUT2D eigenvalue weighted by molar-refractivity contribution is 9.10. The summed E-state index contributed by atoms with van der Waals surface area (Å²) in [6.45, 7) is 0. The number of carbonyl (C=O) groups is 4. The zero-order valence-corrected chi connectivity index (χ0v) is 36.8. The normalized spacial score (nSPS) is 9.82. The van der Waals surface area contributed by atoms with Crippen LogP contribution in [0.25, 0.3) is 33.4 Å². The molecular formula is C52H37BBrClF4O7. The molecule has 0 saturated carbocycles. The van der Waals surface area contributed by atoms with Crippen molar-refractivity contribution in [1.82, 2.24) is 0 Å². The largest absolute Gasteiger partial charge is 0.488 e. The van der Waals surface area contributed by atoms with E-state index in [0.717, 1.165) is 27.8 Å². The quantitative estimate of drug-likeness (QED) is 0.0598. The van der Waals surface area contributed by atoms with E-state index in [9.17, 15) is 36.7 Å². The molecule has 0 heterocycles. The zero-order valence-electron chi connectivity index (χ0n) is 34.4. The number of carbonyl (C=O) groups excluding carboxylic acids is 3. The maximum absolute atomic E-state index is 13.5. The van der Waals surface area contributed by atoms with Gasteiger partial charge in [0.05, 0.1) is 22.3 Å². The minimum atomic E-state index is -1.34. The smallest absolute Gasteiger partial charge is 0.478 e. The van der Waals surface area contributed by atoms with Gasteiger partial charge in [-0.05, 0) is 105 Å². The molecule has 0 aliphatic rings. The lowest BCUT2D eigenvalue weighted by molar-refractivity contribution is 0.0691. The molecule has 0 amide bonds. The Morgan fingerprint density at radius 2 is 0.803 bits per heavy atom. The second kappa shape index (κ2) is 26.5. The van der Waals surface area contributed by atoms with Crippen molar-refractivity contribution in [2.75, 3.05) is 0 Å². The van der Waals surface area contributed by atoms with Gasteiger partial charge in [-0.3, -0.25) is 14.4 Å². The van der Waals surface area contributed by atoms with E-state index in [0.29, 0.717) is 28.1 Å². The molecule has 0 atom stereocenters. The van der Waals surface area contributed by atoms with E-state index >= 15 is 0 Å². The highest BCUT2D eigenvalue weighted by Gasteiger charge is 2.12. The molecule has 0 aliphatic carbocycles. The number of carboxylic acid groups (broad SMARTS) is 1. The molecule has 0 saturated heterocycles. The summed E-state index contributed by atoms with van der Waals surface area (Å²) < 4.78 is 53.4. The number of rotatable bonds is 8. The van der Waals surface area contributed by atoms with Crippen LogP contribution in [0.15, 0.2) is 199 Å². The van der Waals surface area contributed by atoms with Crippen LogP contribution in [-0.4, -0.2) is 46.1 Å². The molecule has 0 bridgehead atoms. The fourth-order valence-corrected chi connectivity index (χ4v) is 6.12. The number of carboxylic acids is 1. The van der Waals surface area contributed by atoms with Gasteiger partial charge in [-0.1, -0.05) is 155 Å². The summed E-state index contributed by atoms with van der Waals surface area (Å²) in [6, 6.07) is 54.1. The maximum Gasteiger partial charge on any atom is 0.488 e. The van der Waals surface area contributed by atoms with Crippen molar-refractivity contribution in [1.29, 1.82) is 0 Å². The number of aldehydes is 2. The van der Waals surface area contributed by atoms with Gasteiger partial charge in [-0.2, -0.15) is 0 Å². The van der Waals surface area contributed by atoms with E-state index in [-0.39, 0.29) is 22.3 Å². The average molecular weight is 976 g/mol. The molecule has 66 heavy (non-hydrogen) atoms. The molecule has 7 nitrogen and oxygen atoms in total. The van der Waals surface area contributed by atoms with E-state index in [1.54, 1.807) is 48.5 Å². The standard InChI is InChI=1S/C13H8ClFO.C13H9FO2.C13H9FO.C7H4BrFO.C6H7BO2/c14-13(16)11-7-6-10(8-12(11)15)9-4-2-1-3-5-9;14-12-8-10(6-7-11(12)13(15)16)9-4-2-1-3-5-9;14-13-8-11(6-7-12(13)9-15)10-4-2-1-3-5-10;8-6-2-1-5(4-10)7(9)3-6;8-7(9)6-4-2-1-3-5-6/h1-8H;1-8H,(H,15,16);1-9H;1-4H;1-5,8-9H. The Hall–Kier alpha value is -7.29. The third kappa shape index (κ3) is 16.1. The molecule has 8 aromatic rings. The first-order valence-corrected chi connectivity index (χ1v) is 20.6. The second-order valence-electron chi connectivity index (χ2n) is 13.5. The van der Waals surface area contributed by atoms with Crippen molar-refractivity contribution >= 4 is 63.9 Å². The number of halogens is 6. The molecule has 8 rings (SSSR count). The summed E-state index contributed by atoms with van der Waals surface area (Å²) in [6.07, 6.45) is 1.01. The lowest BCUT2D eigenvalue weighted by Crippen LogP contribution is -2.29. The average Bonchev–Trinajstić information content (AvgIpc) is 3.33. The SMILES string of the molecule is O=C(Cl)c1ccc(-c2ccccc2)cc1F.O=C(O)c1ccc(-c2ccccc2)cc1F.O=Cc1ccc(-c2ccccc2)cc1F.O=Cc1ccc(Br)cc1F.OB(O)c1ccccc1. The number of hydrogen-bond acceptors (Lipinski definition) is 6. The Morgan fingerprint density at radius 1 is 0.455 bits per heavy atom. The van der Waals surface area contributed by atoms with Crippen LogP contribution < -0.4 is 5.46 Å². The summed E-state index contributed by atoms with van der Waals surface area (Å²) >= 11 is 8.30.